The molecule has 7 nitrogen and oxygen atoms in total. The quantitative estimate of drug-likeness (QED) is 0.545. The van der Waals surface area contributed by atoms with Crippen LogP contribution < -0.4 is 5.32 Å². The number of nitrogens with one attached hydrogen (secondary N) is 1. The molecule has 0 atom stereocenters. The molecule has 0 unspecified atom stereocenters. The number of carbonyl (C=O) groups excluding carboxylic acids is 4. The smallest absolute Gasteiger partial charge is 0.344 e. The summed E-state index contributed by atoms with van der Waals surface area (Å²) in [6, 6.07) is 4.99. The van der Waals surface area contributed by atoms with Crippen LogP contribution in [0.5, 0.6) is 0 Å². The molecule has 2 aromatic rings. The number of anilines is 1. The normalized spacial score (nSPS) is 10.4. The second-order valence-electron chi connectivity index (χ2n) is 5.99. The fourth-order valence-electron chi connectivity index (χ4n) is 2.65. The third-order valence-corrected chi connectivity index (χ3v) is 3.91. The summed E-state index contributed by atoms with van der Waals surface area (Å²) in [5.74, 6) is -2.59. The molecule has 0 aliphatic carbocycles. The van der Waals surface area contributed by atoms with Gasteiger partial charge in [-0.05, 0) is 45.0 Å². The third-order valence-electron chi connectivity index (χ3n) is 3.91. The van der Waals surface area contributed by atoms with E-state index in [1.54, 1.807) is 6.92 Å². The van der Waals surface area contributed by atoms with Crippen LogP contribution in [0.15, 0.2) is 28.7 Å². The average molecular weight is 389 g/mol. The maximum absolute atomic E-state index is 12.9. The molecule has 1 heterocycles. The number of furan rings is 1. The van der Waals surface area contributed by atoms with Crippen molar-refractivity contribution in [2.24, 2.45) is 0 Å². The number of halogens is 1. The standard InChI is InChI=1S/C20H20FNO6/c1-4-27-20(26)18-17(11(2)23)12(3)28-19(18)22-16(25)10-9-15(24)13-5-7-14(21)8-6-13/h5-8H,4,9-10H2,1-3H3,(H,22,25). The Morgan fingerprint density at radius 2 is 1.71 bits per heavy atom. The highest BCUT2D eigenvalue weighted by molar-refractivity contribution is 6.11. The zero-order valence-electron chi connectivity index (χ0n) is 15.8. The summed E-state index contributed by atoms with van der Waals surface area (Å²) in [7, 11) is 0. The number of carbonyl (C=O) groups is 4. The van der Waals surface area contributed by atoms with Gasteiger partial charge in [0.25, 0.3) is 0 Å². The Morgan fingerprint density at radius 1 is 1.07 bits per heavy atom. The largest absolute Gasteiger partial charge is 0.462 e. The minimum Gasteiger partial charge on any atom is -0.462 e. The SMILES string of the molecule is CCOC(=O)c1c(NC(=O)CCC(=O)c2ccc(F)cc2)oc(C)c1C(C)=O. The van der Waals surface area contributed by atoms with Gasteiger partial charge in [0.15, 0.2) is 11.6 Å². The molecule has 0 saturated carbocycles. The summed E-state index contributed by atoms with van der Waals surface area (Å²) in [5, 5.41) is 2.41. The first-order chi connectivity index (χ1) is 13.2. The second kappa shape index (κ2) is 9.07. The van der Waals surface area contributed by atoms with Crippen LogP contribution in [-0.2, 0) is 9.53 Å². The van der Waals surface area contributed by atoms with E-state index >= 15 is 0 Å². The van der Waals surface area contributed by atoms with Gasteiger partial charge >= 0.3 is 5.97 Å². The topological polar surface area (TPSA) is 103 Å². The molecule has 28 heavy (non-hydrogen) atoms. The lowest BCUT2D eigenvalue weighted by Gasteiger charge is -2.06. The maximum Gasteiger partial charge on any atom is 0.344 e. The number of esters is 1. The molecule has 0 fully saturated rings. The Morgan fingerprint density at radius 3 is 2.29 bits per heavy atom. The number of hydrogen-bond donors (Lipinski definition) is 1. The third kappa shape index (κ3) is 4.91. The summed E-state index contributed by atoms with van der Waals surface area (Å²) < 4.78 is 23.2. The Hall–Kier alpha value is -3.29. The van der Waals surface area contributed by atoms with Gasteiger partial charge in [-0.2, -0.15) is 0 Å². The van der Waals surface area contributed by atoms with E-state index in [4.69, 9.17) is 9.15 Å². The van der Waals surface area contributed by atoms with E-state index in [2.05, 4.69) is 5.32 Å². The zero-order valence-corrected chi connectivity index (χ0v) is 15.8. The van der Waals surface area contributed by atoms with Crippen molar-refractivity contribution in [1.29, 1.82) is 0 Å². The van der Waals surface area contributed by atoms with Crippen molar-refractivity contribution < 1.29 is 32.7 Å². The maximum atomic E-state index is 12.9. The van der Waals surface area contributed by atoms with Gasteiger partial charge in [-0.3, -0.25) is 19.7 Å². The minimum absolute atomic E-state index is 0.0381. The van der Waals surface area contributed by atoms with Gasteiger partial charge < -0.3 is 9.15 Å². The first kappa shape index (κ1) is 21.0. The van der Waals surface area contributed by atoms with Crippen LogP contribution in [0.3, 0.4) is 0 Å². The molecule has 0 radical (unpaired) electrons. The summed E-state index contributed by atoms with van der Waals surface area (Å²) in [6.45, 7) is 4.46. The van der Waals surface area contributed by atoms with E-state index in [9.17, 15) is 23.6 Å². The molecule has 8 heteroatoms. The van der Waals surface area contributed by atoms with Crippen molar-refractivity contribution in [2.75, 3.05) is 11.9 Å². The second-order valence-corrected chi connectivity index (χ2v) is 5.99. The number of ketones is 2. The molecule has 2 rings (SSSR count). The van der Waals surface area contributed by atoms with E-state index < -0.39 is 23.5 Å². The van der Waals surface area contributed by atoms with Crippen LogP contribution >= 0.6 is 0 Å². The van der Waals surface area contributed by atoms with Gasteiger partial charge in [-0.1, -0.05) is 0 Å². The number of benzene rings is 1. The lowest BCUT2D eigenvalue weighted by Crippen LogP contribution is -2.17. The summed E-state index contributed by atoms with van der Waals surface area (Å²) in [4.78, 5) is 48.3. The number of Topliss-reactive ketones (excluding diaryl/α,β-unsaturated/α-hetero) is 2. The summed E-state index contributed by atoms with van der Waals surface area (Å²) in [5.41, 5.74) is 0.176. The number of aryl methyl sites for hydroxylation is 1. The van der Waals surface area contributed by atoms with Gasteiger partial charge in [-0.25, -0.2) is 9.18 Å². The van der Waals surface area contributed by atoms with Crippen LogP contribution in [0.4, 0.5) is 10.3 Å². The predicted molar refractivity (Wildman–Crippen MR) is 98.0 cm³/mol. The first-order valence-electron chi connectivity index (χ1n) is 8.64. The fraction of sp³-hybridized carbons (Fsp3) is 0.300. The van der Waals surface area contributed by atoms with Crippen molar-refractivity contribution >= 4 is 29.3 Å². The van der Waals surface area contributed by atoms with Crippen LogP contribution in [0, 0.1) is 12.7 Å². The van der Waals surface area contributed by atoms with Crippen LogP contribution in [0.2, 0.25) is 0 Å². The van der Waals surface area contributed by atoms with Crippen molar-refractivity contribution in [2.45, 2.75) is 33.6 Å². The highest BCUT2D eigenvalue weighted by Crippen LogP contribution is 2.28. The van der Waals surface area contributed by atoms with Crippen LogP contribution in [-0.4, -0.2) is 30.0 Å². The molecule has 0 spiro atoms. The summed E-state index contributed by atoms with van der Waals surface area (Å²) in [6.07, 6.45) is -0.306. The fourth-order valence-corrected chi connectivity index (χ4v) is 2.65. The Labute approximate surface area is 160 Å². The molecule has 0 bridgehead atoms. The Balaban J connectivity index is 2.11. The van der Waals surface area contributed by atoms with E-state index in [-0.39, 0.29) is 53.6 Å². The van der Waals surface area contributed by atoms with Gasteiger partial charge in [0.1, 0.15) is 17.1 Å². The van der Waals surface area contributed by atoms with Crippen molar-refractivity contribution in [3.63, 3.8) is 0 Å². The lowest BCUT2D eigenvalue weighted by molar-refractivity contribution is -0.116. The molecule has 0 aliphatic heterocycles. The highest BCUT2D eigenvalue weighted by atomic mass is 19.1. The predicted octanol–water partition coefficient (Wildman–Crippen LogP) is 3.71. The molecule has 0 saturated heterocycles. The van der Waals surface area contributed by atoms with E-state index in [0.29, 0.717) is 0 Å². The number of ether oxygens (including phenoxy) is 1. The van der Waals surface area contributed by atoms with E-state index in [0.717, 1.165) is 12.1 Å². The van der Waals surface area contributed by atoms with Gasteiger partial charge in [0.05, 0.1) is 12.2 Å². The van der Waals surface area contributed by atoms with E-state index in [1.165, 1.54) is 26.0 Å². The van der Waals surface area contributed by atoms with Gasteiger partial charge in [0.2, 0.25) is 11.8 Å². The van der Waals surface area contributed by atoms with Crippen LogP contribution in [0.1, 0.15) is 63.5 Å². The Bertz CT molecular complexity index is 914. The van der Waals surface area contributed by atoms with Crippen molar-refractivity contribution in [1.82, 2.24) is 0 Å². The zero-order chi connectivity index (χ0) is 20.8. The molecule has 148 valence electrons. The first-order valence-corrected chi connectivity index (χ1v) is 8.64. The number of amides is 1. The average Bonchev–Trinajstić information content (AvgIpc) is 2.96. The molecular weight excluding hydrogens is 369 g/mol. The van der Waals surface area contributed by atoms with Crippen LogP contribution in [0.25, 0.3) is 0 Å². The summed E-state index contributed by atoms with van der Waals surface area (Å²) >= 11 is 0. The molecule has 1 N–H and O–H groups in total. The highest BCUT2D eigenvalue weighted by Gasteiger charge is 2.28. The molecule has 1 aromatic carbocycles. The van der Waals surface area contributed by atoms with Gasteiger partial charge in [-0.15, -0.1) is 0 Å². The molecule has 1 aromatic heterocycles. The molecule has 1 amide bonds. The number of rotatable bonds is 8. The molecule has 0 aliphatic rings. The van der Waals surface area contributed by atoms with Crippen molar-refractivity contribution in [3.05, 3.63) is 52.5 Å². The molecular formula is C20H20FNO6. The van der Waals surface area contributed by atoms with Crippen molar-refractivity contribution in [3.8, 4) is 0 Å². The monoisotopic (exact) mass is 389 g/mol. The van der Waals surface area contributed by atoms with Gasteiger partial charge in [0, 0.05) is 18.4 Å². The lowest BCUT2D eigenvalue weighted by atomic mass is 10.1. The Kier molecular flexibility index (Phi) is 6.81. The number of hydrogen-bond acceptors (Lipinski definition) is 6. The minimum atomic E-state index is -0.790. The van der Waals surface area contributed by atoms with E-state index in [1.807, 2.05) is 0 Å².